The van der Waals surface area contributed by atoms with E-state index >= 15 is 0 Å². The zero-order valence-electron chi connectivity index (χ0n) is 77.9. The SMILES string of the molecule is CCC(C)CCCCCCCCCCCCCCCCCCCCC(=O)OC[C@H](COP(=O)(O)OC[C@@H](O)COP(=O)(O)OC[C@@H](COC(=O)CCCCCCCCCCC(C)C)OC(=O)CCCCCCCCCCCCCCCCCCCCC(C)CC)OC(=O)CCCCCCCCCCCCCCCCCCCCC(C)CC. The van der Waals surface area contributed by atoms with Crippen LogP contribution in [0.15, 0.2) is 0 Å². The second-order valence-corrected chi connectivity index (χ2v) is 39.3. The Morgan fingerprint density at radius 3 is 0.607 bits per heavy atom. The molecule has 117 heavy (non-hydrogen) atoms. The maximum Gasteiger partial charge on any atom is 0.472 e. The van der Waals surface area contributed by atoms with E-state index in [1.54, 1.807) is 0 Å². The van der Waals surface area contributed by atoms with Gasteiger partial charge < -0.3 is 33.8 Å². The Morgan fingerprint density at radius 2 is 0.410 bits per heavy atom. The first-order valence-electron chi connectivity index (χ1n) is 50.3. The minimum Gasteiger partial charge on any atom is -0.462 e. The molecule has 0 spiro atoms. The summed E-state index contributed by atoms with van der Waals surface area (Å²) >= 11 is 0. The van der Waals surface area contributed by atoms with E-state index in [4.69, 9.17) is 37.0 Å². The molecule has 0 aliphatic heterocycles. The van der Waals surface area contributed by atoms with Crippen LogP contribution in [0.2, 0.25) is 0 Å². The molecule has 5 unspecified atom stereocenters. The maximum absolute atomic E-state index is 13.2. The van der Waals surface area contributed by atoms with Gasteiger partial charge in [0.25, 0.3) is 0 Å². The number of hydrogen-bond donors (Lipinski definition) is 3. The van der Waals surface area contributed by atoms with Crippen molar-refractivity contribution in [1.82, 2.24) is 0 Å². The summed E-state index contributed by atoms with van der Waals surface area (Å²) in [4.78, 5) is 73.6. The van der Waals surface area contributed by atoms with Crippen molar-refractivity contribution >= 4 is 39.5 Å². The summed E-state index contributed by atoms with van der Waals surface area (Å²) < 4.78 is 69.3. The van der Waals surface area contributed by atoms with Crippen LogP contribution in [0, 0.1) is 23.7 Å². The molecular formula is C98H192O17P2. The van der Waals surface area contributed by atoms with Gasteiger partial charge in [0.2, 0.25) is 0 Å². The average molecular weight is 1700 g/mol. The molecule has 0 saturated heterocycles. The fraction of sp³-hybridized carbons (Fsp3) is 0.959. The van der Waals surface area contributed by atoms with Crippen LogP contribution in [0.3, 0.4) is 0 Å². The fourth-order valence-electron chi connectivity index (χ4n) is 15.3. The van der Waals surface area contributed by atoms with E-state index in [1.165, 1.54) is 327 Å². The quantitative estimate of drug-likeness (QED) is 0.0222. The molecular weight excluding hydrogens is 1510 g/mol. The number of aliphatic hydroxyl groups excluding tert-OH is 1. The lowest BCUT2D eigenvalue weighted by Gasteiger charge is -2.21. The molecule has 0 aliphatic carbocycles. The molecule has 17 nitrogen and oxygen atoms in total. The van der Waals surface area contributed by atoms with Crippen LogP contribution >= 0.6 is 15.6 Å². The number of carbonyl (C=O) groups is 4. The molecule has 0 fully saturated rings. The van der Waals surface area contributed by atoms with Gasteiger partial charge in [-0.15, -0.1) is 0 Å². The minimum atomic E-state index is -4.97. The molecule has 19 heteroatoms. The molecule has 0 rings (SSSR count). The summed E-state index contributed by atoms with van der Waals surface area (Å²) in [6.45, 7) is 14.5. The van der Waals surface area contributed by atoms with E-state index in [9.17, 15) is 43.2 Å². The highest BCUT2D eigenvalue weighted by molar-refractivity contribution is 7.47. The number of phosphoric ester groups is 2. The Kier molecular flexibility index (Phi) is 84.8. The Balaban J connectivity index is 5.22. The molecule has 0 heterocycles. The van der Waals surface area contributed by atoms with Crippen LogP contribution in [-0.2, 0) is 65.4 Å². The maximum atomic E-state index is 13.2. The van der Waals surface area contributed by atoms with Gasteiger partial charge in [-0.05, 0) is 49.4 Å². The zero-order valence-corrected chi connectivity index (χ0v) is 79.6. The largest absolute Gasteiger partial charge is 0.472 e. The summed E-state index contributed by atoms with van der Waals surface area (Å²) in [5.74, 6) is 1.25. The lowest BCUT2D eigenvalue weighted by Crippen LogP contribution is -2.30. The molecule has 0 aromatic rings. The van der Waals surface area contributed by atoms with Crippen molar-refractivity contribution in [3.63, 3.8) is 0 Å². The third kappa shape index (κ3) is 87.3. The van der Waals surface area contributed by atoms with Crippen molar-refractivity contribution in [2.24, 2.45) is 23.7 Å². The van der Waals surface area contributed by atoms with Crippen molar-refractivity contribution < 1.29 is 80.2 Å². The van der Waals surface area contributed by atoms with E-state index in [1.807, 2.05) is 0 Å². The lowest BCUT2D eigenvalue weighted by atomic mass is 9.99. The van der Waals surface area contributed by atoms with E-state index in [0.717, 1.165) is 114 Å². The second-order valence-electron chi connectivity index (χ2n) is 36.4. The zero-order chi connectivity index (χ0) is 85.9. The molecule has 0 radical (unpaired) electrons. The van der Waals surface area contributed by atoms with Crippen LogP contribution in [-0.4, -0.2) is 96.7 Å². The first-order valence-corrected chi connectivity index (χ1v) is 53.3. The van der Waals surface area contributed by atoms with Crippen molar-refractivity contribution in [2.75, 3.05) is 39.6 Å². The van der Waals surface area contributed by atoms with Gasteiger partial charge in [0.15, 0.2) is 12.2 Å². The van der Waals surface area contributed by atoms with Gasteiger partial charge in [-0.25, -0.2) is 9.13 Å². The summed E-state index contributed by atoms with van der Waals surface area (Å²) in [5, 5.41) is 10.7. The summed E-state index contributed by atoms with van der Waals surface area (Å²) in [6, 6.07) is 0. The van der Waals surface area contributed by atoms with Gasteiger partial charge in [0, 0.05) is 25.7 Å². The van der Waals surface area contributed by atoms with Crippen molar-refractivity contribution in [2.45, 2.75) is 542 Å². The summed E-state index contributed by atoms with van der Waals surface area (Å²) in [6.07, 6.45) is 80.7. The second kappa shape index (κ2) is 86.2. The van der Waals surface area contributed by atoms with Crippen LogP contribution in [0.25, 0.3) is 0 Å². The molecule has 3 N–H and O–H groups in total. The Morgan fingerprint density at radius 1 is 0.239 bits per heavy atom. The first-order chi connectivity index (χ1) is 56.7. The lowest BCUT2D eigenvalue weighted by molar-refractivity contribution is -0.161. The van der Waals surface area contributed by atoms with Gasteiger partial charge in [-0.3, -0.25) is 37.3 Å². The molecule has 0 aliphatic rings. The predicted molar refractivity (Wildman–Crippen MR) is 488 cm³/mol. The number of rotatable bonds is 95. The summed E-state index contributed by atoms with van der Waals surface area (Å²) in [7, 11) is -9.95. The number of carbonyl (C=O) groups excluding carboxylic acids is 4. The number of ether oxygens (including phenoxy) is 4. The van der Waals surface area contributed by atoms with Crippen molar-refractivity contribution in [3.8, 4) is 0 Å². The highest BCUT2D eigenvalue weighted by Gasteiger charge is 2.31. The topological polar surface area (TPSA) is 237 Å². The van der Waals surface area contributed by atoms with E-state index in [-0.39, 0.29) is 25.7 Å². The fourth-order valence-corrected chi connectivity index (χ4v) is 16.9. The highest BCUT2D eigenvalue weighted by atomic mass is 31.2. The van der Waals surface area contributed by atoms with E-state index < -0.39 is 97.5 Å². The predicted octanol–water partition coefficient (Wildman–Crippen LogP) is 30.6. The van der Waals surface area contributed by atoms with Gasteiger partial charge in [-0.1, -0.05) is 473 Å². The Bertz CT molecular complexity index is 2260. The van der Waals surface area contributed by atoms with Gasteiger partial charge >= 0.3 is 39.5 Å². The first kappa shape index (κ1) is 115. The van der Waals surface area contributed by atoms with E-state index in [0.29, 0.717) is 25.7 Å². The van der Waals surface area contributed by atoms with Crippen molar-refractivity contribution in [3.05, 3.63) is 0 Å². The van der Waals surface area contributed by atoms with Crippen LogP contribution in [0.5, 0.6) is 0 Å². The molecule has 0 aromatic carbocycles. The van der Waals surface area contributed by atoms with Crippen LogP contribution < -0.4 is 0 Å². The minimum absolute atomic E-state index is 0.108. The van der Waals surface area contributed by atoms with Gasteiger partial charge in [0.1, 0.15) is 19.3 Å². The molecule has 0 amide bonds. The van der Waals surface area contributed by atoms with E-state index in [2.05, 4.69) is 55.4 Å². The van der Waals surface area contributed by atoms with Crippen LogP contribution in [0.1, 0.15) is 524 Å². The normalized spacial score (nSPS) is 14.4. The smallest absolute Gasteiger partial charge is 0.462 e. The Labute approximate surface area is 721 Å². The standard InChI is InChI=1S/C98H192O17P2/c1-9-89(6)75-67-59-51-42-36-30-24-18-12-15-21-27-33-39-45-54-62-70-78-95(100)108-84-93(114-97(102)80-72-64-56-46-40-34-28-22-16-13-19-25-31-37-43-52-60-68-76-90(7)10-2)86-112-116(104,105)110-82-92(99)83-111-117(106,107)113-87-94(85-109-96(101)79-71-63-55-49-48-50-58-66-74-88(4)5)115-98(103)81-73-65-57-47-41-35-29-23-17-14-20-26-32-38-44-53-61-69-77-91(8)11-3/h88-94,99H,9-87H2,1-8H3,(H,104,105)(H,106,107)/t89?,90?,91?,92-,93-,94-/m1/s1. The molecule has 696 valence electrons. The average Bonchev–Trinajstić information content (AvgIpc) is 0.897. The number of esters is 4. The Hall–Kier alpha value is -1.94. The monoisotopic (exact) mass is 1700 g/mol. The highest BCUT2D eigenvalue weighted by Crippen LogP contribution is 2.45. The number of hydrogen-bond acceptors (Lipinski definition) is 15. The third-order valence-electron chi connectivity index (χ3n) is 24.2. The molecule has 0 aromatic heterocycles. The molecule has 0 bridgehead atoms. The third-order valence-corrected chi connectivity index (χ3v) is 26.1. The number of unbranched alkanes of at least 4 members (excludes halogenated alkanes) is 58. The molecule has 8 atom stereocenters. The summed E-state index contributed by atoms with van der Waals surface area (Å²) in [5.41, 5.74) is 0. The van der Waals surface area contributed by atoms with Crippen LogP contribution in [0.4, 0.5) is 0 Å². The van der Waals surface area contributed by atoms with Gasteiger partial charge in [-0.2, -0.15) is 0 Å². The number of phosphoric acid groups is 2. The van der Waals surface area contributed by atoms with Gasteiger partial charge in [0.05, 0.1) is 26.4 Å². The van der Waals surface area contributed by atoms with Crippen molar-refractivity contribution in [1.29, 1.82) is 0 Å². The number of aliphatic hydroxyl groups is 1. The molecule has 0 saturated carbocycles.